The Morgan fingerprint density at radius 2 is 2.26 bits per heavy atom. The van der Waals surface area contributed by atoms with Crippen molar-refractivity contribution in [3.63, 3.8) is 0 Å². The van der Waals surface area contributed by atoms with Crippen molar-refractivity contribution in [1.82, 2.24) is 15.5 Å². The first-order chi connectivity index (χ1) is 9.09. The lowest BCUT2D eigenvalue weighted by atomic mass is 10.0. The van der Waals surface area contributed by atoms with Crippen molar-refractivity contribution in [2.45, 2.75) is 25.4 Å². The van der Waals surface area contributed by atoms with Crippen molar-refractivity contribution < 1.29 is 14.3 Å². The first kappa shape index (κ1) is 14.7. The van der Waals surface area contributed by atoms with Gasteiger partial charge in [0.2, 0.25) is 5.91 Å². The van der Waals surface area contributed by atoms with Gasteiger partial charge in [0.25, 0.3) is 0 Å². The molecule has 0 bridgehead atoms. The highest BCUT2D eigenvalue weighted by Crippen LogP contribution is 2.17. The van der Waals surface area contributed by atoms with Crippen molar-refractivity contribution in [2.24, 2.45) is 0 Å². The van der Waals surface area contributed by atoms with E-state index in [9.17, 15) is 4.79 Å². The highest BCUT2D eigenvalue weighted by atomic mass is 16.5. The van der Waals surface area contributed by atoms with Crippen LogP contribution in [0.4, 0.5) is 0 Å². The summed E-state index contributed by atoms with van der Waals surface area (Å²) in [6, 6.07) is -0.202. The third-order valence-corrected chi connectivity index (χ3v) is 3.74. The van der Waals surface area contributed by atoms with Crippen LogP contribution in [0, 0.1) is 0 Å². The fourth-order valence-electron chi connectivity index (χ4n) is 2.48. The van der Waals surface area contributed by atoms with Crippen molar-refractivity contribution in [3.8, 4) is 0 Å². The van der Waals surface area contributed by atoms with E-state index in [2.05, 4.69) is 29.4 Å². The molecule has 1 amide bonds. The third-order valence-electron chi connectivity index (χ3n) is 3.74. The van der Waals surface area contributed by atoms with Crippen LogP contribution < -0.4 is 10.6 Å². The number of ether oxygens (including phenoxy) is 2. The quantitative estimate of drug-likeness (QED) is 0.701. The van der Waals surface area contributed by atoms with Gasteiger partial charge in [-0.2, -0.15) is 0 Å². The predicted molar refractivity (Wildman–Crippen MR) is 72.1 cm³/mol. The molecule has 0 spiro atoms. The zero-order chi connectivity index (χ0) is 13.7. The van der Waals surface area contributed by atoms with E-state index in [0.717, 1.165) is 32.8 Å². The van der Waals surface area contributed by atoms with E-state index < -0.39 is 0 Å². The molecule has 0 aromatic rings. The Morgan fingerprint density at radius 3 is 2.95 bits per heavy atom. The smallest absolute Gasteiger partial charge is 0.239 e. The van der Waals surface area contributed by atoms with Crippen LogP contribution in [0.15, 0.2) is 0 Å². The Labute approximate surface area is 114 Å². The molecule has 1 unspecified atom stereocenters. The maximum Gasteiger partial charge on any atom is 0.239 e. The molecule has 0 radical (unpaired) electrons. The second-order valence-electron chi connectivity index (χ2n) is 5.72. The van der Waals surface area contributed by atoms with E-state index in [0.29, 0.717) is 19.8 Å². The lowest BCUT2D eigenvalue weighted by Crippen LogP contribution is -2.56. The van der Waals surface area contributed by atoms with Crippen LogP contribution in [0.25, 0.3) is 0 Å². The summed E-state index contributed by atoms with van der Waals surface area (Å²) < 4.78 is 10.8. The van der Waals surface area contributed by atoms with Crippen LogP contribution in [0.2, 0.25) is 0 Å². The van der Waals surface area contributed by atoms with Crippen LogP contribution >= 0.6 is 0 Å². The van der Waals surface area contributed by atoms with Crippen molar-refractivity contribution >= 4 is 5.91 Å². The maximum atomic E-state index is 11.9. The summed E-state index contributed by atoms with van der Waals surface area (Å²) in [7, 11) is 0. The summed E-state index contributed by atoms with van der Waals surface area (Å²) in [5.41, 5.74) is 0.0508. The molecular formula is C13H25N3O3. The Kier molecular flexibility index (Phi) is 5.15. The summed E-state index contributed by atoms with van der Waals surface area (Å²) in [5.74, 6) is 0.0331. The Balaban J connectivity index is 1.69. The maximum absolute atomic E-state index is 11.9. The predicted octanol–water partition coefficient (Wildman–Crippen LogP) is -0.798. The highest BCUT2D eigenvalue weighted by molar-refractivity contribution is 5.81. The molecular weight excluding hydrogens is 246 g/mol. The molecule has 2 saturated heterocycles. The average molecular weight is 271 g/mol. The minimum Gasteiger partial charge on any atom is -0.378 e. The minimum atomic E-state index is -0.202. The summed E-state index contributed by atoms with van der Waals surface area (Å²) in [5, 5.41) is 6.13. The van der Waals surface area contributed by atoms with Gasteiger partial charge in [0, 0.05) is 31.7 Å². The van der Waals surface area contributed by atoms with Gasteiger partial charge in [0.1, 0.15) is 6.04 Å². The third kappa shape index (κ3) is 4.14. The molecule has 19 heavy (non-hydrogen) atoms. The van der Waals surface area contributed by atoms with Crippen LogP contribution in [0.1, 0.15) is 13.8 Å². The lowest BCUT2D eigenvalue weighted by Gasteiger charge is -2.42. The molecule has 2 fully saturated rings. The number of hydrogen-bond donors (Lipinski definition) is 2. The van der Waals surface area contributed by atoms with Crippen molar-refractivity contribution in [1.29, 1.82) is 0 Å². The molecule has 2 rings (SSSR count). The van der Waals surface area contributed by atoms with E-state index in [1.54, 1.807) is 0 Å². The van der Waals surface area contributed by atoms with Crippen LogP contribution in [-0.2, 0) is 14.3 Å². The van der Waals surface area contributed by atoms with E-state index in [1.165, 1.54) is 0 Å². The highest BCUT2D eigenvalue weighted by Gasteiger charge is 2.30. The van der Waals surface area contributed by atoms with E-state index in [4.69, 9.17) is 9.47 Å². The first-order valence-corrected chi connectivity index (χ1v) is 7.01. The molecule has 2 heterocycles. The number of carbonyl (C=O) groups is 1. The van der Waals surface area contributed by atoms with Gasteiger partial charge >= 0.3 is 0 Å². The zero-order valence-electron chi connectivity index (χ0n) is 11.9. The number of nitrogens with zero attached hydrogens (tertiary/aromatic N) is 1. The van der Waals surface area contributed by atoms with Gasteiger partial charge in [0.15, 0.2) is 0 Å². The summed E-state index contributed by atoms with van der Waals surface area (Å²) in [6.07, 6.45) is 0. The van der Waals surface area contributed by atoms with Gasteiger partial charge in [-0.1, -0.05) is 0 Å². The first-order valence-electron chi connectivity index (χ1n) is 7.01. The minimum absolute atomic E-state index is 0.0331. The lowest BCUT2D eigenvalue weighted by molar-refractivity contribution is -0.126. The standard InChI is InChI=1S/C13H25N3O3/c1-13(2)10-19-8-6-16(13)5-3-15-12(17)11-9-18-7-4-14-11/h11,14H,3-10H2,1-2H3,(H,15,17). The van der Waals surface area contributed by atoms with Crippen molar-refractivity contribution in [2.75, 3.05) is 52.6 Å². The second-order valence-corrected chi connectivity index (χ2v) is 5.72. The summed E-state index contributed by atoms with van der Waals surface area (Å²) in [6.45, 7) is 10.2. The van der Waals surface area contributed by atoms with Gasteiger partial charge in [-0.15, -0.1) is 0 Å². The molecule has 0 aliphatic carbocycles. The second kappa shape index (κ2) is 6.65. The number of amides is 1. The van der Waals surface area contributed by atoms with Gasteiger partial charge in [0.05, 0.1) is 26.4 Å². The molecule has 6 nitrogen and oxygen atoms in total. The monoisotopic (exact) mass is 271 g/mol. The zero-order valence-corrected chi connectivity index (χ0v) is 11.9. The topological polar surface area (TPSA) is 62.8 Å². The molecule has 6 heteroatoms. The van der Waals surface area contributed by atoms with Gasteiger partial charge in [-0.25, -0.2) is 0 Å². The molecule has 0 aromatic heterocycles. The Bertz CT molecular complexity index is 304. The Morgan fingerprint density at radius 1 is 1.42 bits per heavy atom. The van der Waals surface area contributed by atoms with Crippen LogP contribution in [0.5, 0.6) is 0 Å². The van der Waals surface area contributed by atoms with Gasteiger partial charge in [-0.3, -0.25) is 9.69 Å². The molecule has 110 valence electrons. The number of morpholine rings is 2. The summed E-state index contributed by atoms with van der Waals surface area (Å²) >= 11 is 0. The van der Waals surface area contributed by atoms with E-state index in [1.807, 2.05) is 0 Å². The SMILES string of the molecule is CC1(C)COCCN1CCNC(=O)C1COCCN1. The van der Waals surface area contributed by atoms with Crippen molar-refractivity contribution in [3.05, 3.63) is 0 Å². The fourth-order valence-corrected chi connectivity index (χ4v) is 2.48. The van der Waals surface area contributed by atoms with Crippen LogP contribution in [-0.4, -0.2) is 75.0 Å². The molecule has 2 aliphatic heterocycles. The Hall–Kier alpha value is -0.690. The molecule has 1 atom stereocenters. The summed E-state index contributed by atoms with van der Waals surface area (Å²) in [4.78, 5) is 14.3. The van der Waals surface area contributed by atoms with Crippen LogP contribution in [0.3, 0.4) is 0 Å². The van der Waals surface area contributed by atoms with E-state index >= 15 is 0 Å². The normalized spacial score (nSPS) is 28.0. The van der Waals surface area contributed by atoms with E-state index in [-0.39, 0.29) is 17.5 Å². The molecule has 0 saturated carbocycles. The fraction of sp³-hybridized carbons (Fsp3) is 0.923. The van der Waals surface area contributed by atoms with Gasteiger partial charge in [-0.05, 0) is 13.8 Å². The van der Waals surface area contributed by atoms with Gasteiger partial charge < -0.3 is 20.1 Å². The average Bonchev–Trinajstić information content (AvgIpc) is 2.41. The largest absolute Gasteiger partial charge is 0.378 e. The number of rotatable bonds is 4. The molecule has 2 N–H and O–H groups in total. The number of nitrogens with one attached hydrogen (secondary N) is 2. The molecule has 2 aliphatic rings. The molecule has 0 aromatic carbocycles. The number of hydrogen-bond acceptors (Lipinski definition) is 5. The number of carbonyl (C=O) groups excluding carboxylic acids is 1.